The molecule has 1 aliphatic heterocycles. The number of piperidine rings is 1. The van der Waals surface area contributed by atoms with E-state index in [1.165, 1.54) is 24.9 Å². The summed E-state index contributed by atoms with van der Waals surface area (Å²) in [5.74, 6) is 0.892. The number of halogens is 1. The van der Waals surface area contributed by atoms with Gasteiger partial charge >= 0.3 is 0 Å². The second-order valence-corrected chi connectivity index (χ2v) is 5.47. The van der Waals surface area contributed by atoms with Crippen LogP contribution in [0.25, 0.3) is 0 Å². The van der Waals surface area contributed by atoms with Crippen molar-refractivity contribution in [3.05, 3.63) is 28.2 Å². The average molecular weight is 293 g/mol. The van der Waals surface area contributed by atoms with Crippen molar-refractivity contribution < 1.29 is 0 Å². The van der Waals surface area contributed by atoms with E-state index in [4.69, 9.17) is 5.26 Å². The van der Waals surface area contributed by atoms with Crippen LogP contribution in [0.1, 0.15) is 31.7 Å². The van der Waals surface area contributed by atoms with Crippen LogP contribution in [0, 0.1) is 17.2 Å². The Morgan fingerprint density at radius 1 is 1.41 bits per heavy atom. The summed E-state index contributed by atoms with van der Waals surface area (Å²) in [7, 11) is 0. The first kappa shape index (κ1) is 12.4. The van der Waals surface area contributed by atoms with Gasteiger partial charge in [0.15, 0.2) is 0 Å². The lowest BCUT2D eigenvalue weighted by atomic mass is 9.94. The molecule has 0 unspecified atom stereocenters. The van der Waals surface area contributed by atoms with E-state index in [0.29, 0.717) is 5.56 Å². The molecule has 0 atom stereocenters. The number of hydrogen-bond donors (Lipinski definition) is 0. The SMILES string of the molecule is CCC1CCN(c2ccc(C#N)cc2Br)CC1. The van der Waals surface area contributed by atoms with Gasteiger partial charge in [0.1, 0.15) is 0 Å². The van der Waals surface area contributed by atoms with E-state index >= 15 is 0 Å². The summed E-state index contributed by atoms with van der Waals surface area (Å²) < 4.78 is 1.03. The molecule has 0 spiro atoms. The molecule has 17 heavy (non-hydrogen) atoms. The van der Waals surface area contributed by atoms with Gasteiger partial charge in [0.2, 0.25) is 0 Å². The van der Waals surface area contributed by atoms with Gasteiger partial charge in [-0.25, -0.2) is 0 Å². The van der Waals surface area contributed by atoms with Crippen molar-refractivity contribution >= 4 is 21.6 Å². The lowest BCUT2D eigenvalue weighted by molar-refractivity contribution is 0.395. The van der Waals surface area contributed by atoms with E-state index in [0.717, 1.165) is 23.5 Å². The predicted octanol–water partition coefficient (Wildman–Crippen LogP) is 3.95. The third-order valence-electron chi connectivity index (χ3n) is 3.61. The van der Waals surface area contributed by atoms with E-state index in [1.807, 2.05) is 12.1 Å². The average Bonchev–Trinajstić information content (AvgIpc) is 2.39. The highest BCUT2D eigenvalue weighted by atomic mass is 79.9. The van der Waals surface area contributed by atoms with E-state index in [1.54, 1.807) is 0 Å². The maximum absolute atomic E-state index is 8.85. The maximum Gasteiger partial charge on any atom is 0.0992 e. The Morgan fingerprint density at radius 3 is 2.65 bits per heavy atom. The van der Waals surface area contributed by atoms with Crippen molar-refractivity contribution in [1.29, 1.82) is 5.26 Å². The molecule has 1 saturated heterocycles. The van der Waals surface area contributed by atoms with Crippen LogP contribution in [0.4, 0.5) is 5.69 Å². The zero-order valence-electron chi connectivity index (χ0n) is 10.1. The molecule has 1 fully saturated rings. The quantitative estimate of drug-likeness (QED) is 0.825. The second-order valence-electron chi connectivity index (χ2n) is 4.62. The van der Waals surface area contributed by atoms with Crippen molar-refractivity contribution in [2.45, 2.75) is 26.2 Å². The fourth-order valence-electron chi connectivity index (χ4n) is 2.42. The van der Waals surface area contributed by atoms with Gasteiger partial charge in [-0.15, -0.1) is 0 Å². The van der Waals surface area contributed by atoms with Gasteiger partial charge in [0.25, 0.3) is 0 Å². The largest absolute Gasteiger partial charge is 0.371 e. The van der Waals surface area contributed by atoms with Crippen molar-refractivity contribution in [1.82, 2.24) is 0 Å². The normalized spacial score (nSPS) is 16.9. The third-order valence-corrected chi connectivity index (χ3v) is 4.24. The Bertz CT molecular complexity index is 428. The number of hydrogen-bond acceptors (Lipinski definition) is 2. The molecule has 0 bridgehead atoms. The molecule has 0 amide bonds. The minimum atomic E-state index is 0.712. The summed E-state index contributed by atoms with van der Waals surface area (Å²) in [5.41, 5.74) is 1.93. The Morgan fingerprint density at radius 2 is 2.12 bits per heavy atom. The van der Waals surface area contributed by atoms with Gasteiger partial charge in [-0.2, -0.15) is 5.26 Å². The smallest absolute Gasteiger partial charge is 0.0992 e. The van der Waals surface area contributed by atoms with Crippen LogP contribution < -0.4 is 4.90 Å². The Balaban J connectivity index is 2.11. The van der Waals surface area contributed by atoms with E-state index in [-0.39, 0.29) is 0 Å². The number of rotatable bonds is 2. The molecule has 2 rings (SSSR count). The number of benzene rings is 1. The van der Waals surface area contributed by atoms with Gasteiger partial charge in [0, 0.05) is 17.6 Å². The summed E-state index contributed by atoms with van der Waals surface area (Å²) in [6.45, 7) is 4.53. The third kappa shape index (κ3) is 2.81. The molecular formula is C14H17BrN2. The number of nitrogens with zero attached hydrogens (tertiary/aromatic N) is 2. The van der Waals surface area contributed by atoms with Crippen molar-refractivity contribution in [2.75, 3.05) is 18.0 Å². The molecule has 0 aliphatic carbocycles. The van der Waals surface area contributed by atoms with Crippen molar-refractivity contribution in [3.8, 4) is 6.07 Å². The maximum atomic E-state index is 8.85. The molecular weight excluding hydrogens is 276 g/mol. The van der Waals surface area contributed by atoms with Gasteiger partial charge in [-0.05, 0) is 52.9 Å². The van der Waals surface area contributed by atoms with Gasteiger partial charge < -0.3 is 4.90 Å². The molecule has 2 nitrogen and oxygen atoms in total. The molecule has 90 valence electrons. The summed E-state index contributed by atoms with van der Waals surface area (Å²) in [5, 5.41) is 8.85. The van der Waals surface area contributed by atoms with E-state index in [2.05, 4.69) is 39.9 Å². The fraction of sp³-hybridized carbons (Fsp3) is 0.500. The summed E-state index contributed by atoms with van der Waals surface area (Å²) in [6, 6.07) is 8.01. The van der Waals surface area contributed by atoms with Crippen LogP contribution in [-0.2, 0) is 0 Å². The summed E-state index contributed by atoms with van der Waals surface area (Å²) in [4.78, 5) is 2.41. The molecule has 3 heteroatoms. The molecule has 1 aromatic rings. The van der Waals surface area contributed by atoms with E-state index < -0.39 is 0 Å². The van der Waals surface area contributed by atoms with Gasteiger partial charge in [-0.3, -0.25) is 0 Å². The van der Waals surface area contributed by atoms with E-state index in [9.17, 15) is 0 Å². The zero-order chi connectivity index (χ0) is 12.3. The Hall–Kier alpha value is -1.01. The van der Waals surface area contributed by atoms with Gasteiger partial charge in [0.05, 0.1) is 17.3 Å². The number of anilines is 1. The minimum Gasteiger partial charge on any atom is -0.371 e. The monoisotopic (exact) mass is 292 g/mol. The van der Waals surface area contributed by atoms with Crippen LogP contribution in [0.5, 0.6) is 0 Å². The highest BCUT2D eigenvalue weighted by Crippen LogP contribution is 2.31. The van der Waals surface area contributed by atoms with Crippen LogP contribution in [0.3, 0.4) is 0 Å². The molecule has 1 heterocycles. The second kappa shape index (κ2) is 5.55. The predicted molar refractivity (Wildman–Crippen MR) is 74.1 cm³/mol. The molecule has 1 aromatic carbocycles. The van der Waals surface area contributed by atoms with Crippen LogP contribution in [0.2, 0.25) is 0 Å². The lowest BCUT2D eigenvalue weighted by Gasteiger charge is -2.33. The summed E-state index contributed by atoms with van der Waals surface area (Å²) in [6.07, 6.45) is 3.86. The van der Waals surface area contributed by atoms with Gasteiger partial charge in [-0.1, -0.05) is 13.3 Å². The minimum absolute atomic E-state index is 0.712. The Kier molecular flexibility index (Phi) is 4.06. The molecule has 0 saturated carbocycles. The fourth-order valence-corrected chi connectivity index (χ4v) is 3.04. The zero-order valence-corrected chi connectivity index (χ0v) is 11.7. The Labute approximate surface area is 111 Å². The molecule has 0 radical (unpaired) electrons. The first-order valence-electron chi connectivity index (χ1n) is 6.19. The highest BCUT2D eigenvalue weighted by molar-refractivity contribution is 9.10. The summed E-state index contributed by atoms with van der Waals surface area (Å²) >= 11 is 3.56. The highest BCUT2D eigenvalue weighted by Gasteiger charge is 2.19. The first-order valence-corrected chi connectivity index (χ1v) is 6.98. The molecule has 1 aliphatic rings. The van der Waals surface area contributed by atoms with Crippen LogP contribution in [0.15, 0.2) is 22.7 Å². The lowest BCUT2D eigenvalue weighted by Crippen LogP contribution is -2.33. The number of nitriles is 1. The van der Waals surface area contributed by atoms with Crippen LogP contribution in [-0.4, -0.2) is 13.1 Å². The first-order chi connectivity index (χ1) is 8.24. The van der Waals surface area contributed by atoms with Crippen molar-refractivity contribution in [2.24, 2.45) is 5.92 Å². The topological polar surface area (TPSA) is 27.0 Å². The van der Waals surface area contributed by atoms with Crippen molar-refractivity contribution in [3.63, 3.8) is 0 Å². The molecule has 0 N–H and O–H groups in total. The molecule has 0 aromatic heterocycles. The van der Waals surface area contributed by atoms with Crippen LogP contribution >= 0.6 is 15.9 Å². The standard InChI is InChI=1S/C14H17BrN2/c1-2-11-5-7-17(8-6-11)14-4-3-12(10-16)9-13(14)15/h3-4,9,11H,2,5-8H2,1H3.